The number of carboxylic acids is 1. The smallest absolute Gasteiger partial charge is 0.323 e. The van der Waals surface area contributed by atoms with Gasteiger partial charge in [0.05, 0.1) is 6.61 Å². The van der Waals surface area contributed by atoms with E-state index in [1.165, 1.54) is 0 Å². The second-order valence-electron chi connectivity index (χ2n) is 2.42. The Hall–Kier alpha value is -0.610. The van der Waals surface area contributed by atoms with Crippen LogP contribution in [0.3, 0.4) is 0 Å². The number of hydrogen-bond donors (Lipinski definition) is 2. The lowest BCUT2D eigenvalue weighted by molar-refractivity contribution is -0.140. The predicted molar refractivity (Wildman–Crippen MR) is 30.0 cm³/mol. The molecule has 0 amide bonds. The third-order valence-corrected chi connectivity index (χ3v) is 1.52. The Labute approximate surface area is 52.6 Å². The van der Waals surface area contributed by atoms with Crippen molar-refractivity contribution in [2.75, 3.05) is 6.61 Å². The summed E-state index contributed by atoms with van der Waals surface area (Å²) < 4.78 is 4.81. The van der Waals surface area contributed by atoms with E-state index in [1.807, 2.05) is 0 Å². The van der Waals surface area contributed by atoms with Crippen molar-refractivity contribution >= 4 is 5.97 Å². The number of ether oxygens (including phenoxy) is 1. The molecular weight excluding hydrogens is 122 g/mol. The normalized spacial score (nSPS) is 35.8. The van der Waals surface area contributed by atoms with E-state index in [0.717, 1.165) is 0 Å². The minimum absolute atomic E-state index is 0.459. The number of nitrogens with two attached hydrogens (primary N) is 1. The Bertz CT molecular complexity index is 141. The molecule has 2 atom stereocenters. The third-order valence-electron chi connectivity index (χ3n) is 1.52. The van der Waals surface area contributed by atoms with Gasteiger partial charge in [0.1, 0.15) is 11.6 Å². The van der Waals surface area contributed by atoms with Crippen LogP contribution in [0, 0.1) is 0 Å². The summed E-state index contributed by atoms with van der Waals surface area (Å²) in [7, 11) is 0. The van der Waals surface area contributed by atoms with Gasteiger partial charge in [-0.1, -0.05) is 0 Å². The number of rotatable bonds is 2. The SMILES string of the molecule is CC1([C@H](N)C(=O)O)CO1. The van der Waals surface area contributed by atoms with Gasteiger partial charge in [0.25, 0.3) is 0 Å². The molecule has 0 aliphatic carbocycles. The quantitative estimate of drug-likeness (QED) is 0.480. The maximum absolute atomic E-state index is 10.2. The van der Waals surface area contributed by atoms with Crippen LogP contribution in [0.5, 0.6) is 0 Å². The second kappa shape index (κ2) is 1.68. The van der Waals surface area contributed by atoms with Gasteiger partial charge in [-0.15, -0.1) is 0 Å². The Morgan fingerprint density at radius 2 is 2.44 bits per heavy atom. The lowest BCUT2D eigenvalue weighted by Crippen LogP contribution is -2.42. The summed E-state index contributed by atoms with van der Waals surface area (Å²) in [4.78, 5) is 10.2. The van der Waals surface area contributed by atoms with Crippen LogP contribution in [0.4, 0.5) is 0 Å². The van der Waals surface area contributed by atoms with Crippen LogP contribution in [0.1, 0.15) is 6.92 Å². The molecule has 0 spiro atoms. The molecule has 1 aliphatic heterocycles. The van der Waals surface area contributed by atoms with Gasteiger partial charge in [0.15, 0.2) is 0 Å². The molecule has 4 heteroatoms. The standard InChI is InChI=1S/C5H9NO3/c1-5(2-9-5)3(6)4(7)8/h3H,2,6H2,1H3,(H,7,8)/t3-,5?/m1/s1. The number of aliphatic carboxylic acids is 1. The van der Waals surface area contributed by atoms with Crippen molar-refractivity contribution in [3.8, 4) is 0 Å². The molecule has 0 aromatic carbocycles. The van der Waals surface area contributed by atoms with E-state index in [2.05, 4.69) is 0 Å². The first kappa shape index (κ1) is 6.51. The highest BCUT2D eigenvalue weighted by atomic mass is 16.6. The molecule has 1 unspecified atom stereocenters. The molecule has 1 aliphatic rings. The molecule has 0 radical (unpaired) electrons. The fourth-order valence-electron chi connectivity index (χ4n) is 0.555. The molecule has 0 aromatic rings. The largest absolute Gasteiger partial charge is 0.480 e. The lowest BCUT2D eigenvalue weighted by atomic mass is 10.1. The summed E-state index contributed by atoms with van der Waals surface area (Å²) in [6.07, 6.45) is 0. The summed E-state index contributed by atoms with van der Waals surface area (Å²) in [6, 6.07) is -0.877. The molecule has 4 nitrogen and oxygen atoms in total. The minimum Gasteiger partial charge on any atom is -0.480 e. The van der Waals surface area contributed by atoms with Gasteiger partial charge >= 0.3 is 5.97 Å². The number of epoxide rings is 1. The van der Waals surface area contributed by atoms with Gasteiger partial charge in [-0.3, -0.25) is 4.79 Å². The molecule has 0 saturated carbocycles. The molecule has 1 saturated heterocycles. The van der Waals surface area contributed by atoms with Crippen molar-refractivity contribution in [1.82, 2.24) is 0 Å². The maximum atomic E-state index is 10.2. The highest BCUT2D eigenvalue weighted by molar-refractivity contribution is 5.75. The van der Waals surface area contributed by atoms with E-state index < -0.39 is 17.6 Å². The maximum Gasteiger partial charge on any atom is 0.323 e. The zero-order chi connectivity index (χ0) is 7.07. The van der Waals surface area contributed by atoms with Crippen molar-refractivity contribution in [3.63, 3.8) is 0 Å². The van der Waals surface area contributed by atoms with Gasteiger partial charge in [-0.05, 0) is 6.92 Å². The lowest BCUT2D eigenvalue weighted by Gasteiger charge is -2.08. The predicted octanol–water partition coefficient (Wildman–Crippen LogP) is -0.813. The second-order valence-corrected chi connectivity index (χ2v) is 2.42. The minimum atomic E-state index is -1.00. The van der Waals surface area contributed by atoms with Crippen molar-refractivity contribution < 1.29 is 14.6 Å². The Balaban J connectivity index is 2.52. The van der Waals surface area contributed by atoms with Crippen LogP contribution in [-0.4, -0.2) is 29.3 Å². The molecule has 1 fully saturated rings. The van der Waals surface area contributed by atoms with Crippen LogP contribution >= 0.6 is 0 Å². The molecule has 0 bridgehead atoms. The van der Waals surface area contributed by atoms with Gasteiger partial charge in [0.2, 0.25) is 0 Å². The number of carboxylic acid groups (broad SMARTS) is 1. The van der Waals surface area contributed by atoms with Crippen molar-refractivity contribution in [1.29, 1.82) is 0 Å². The van der Waals surface area contributed by atoms with E-state index in [0.29, 0.717) is 6.61 Å². The Morgan fingerprint density at radius 1 is 2.00 bits per heavy atom. The van der Waals surface area contributed by atoms with Gasteiger partial charge in [-0.25, -0.2) is 0 Å². The fourth-order valence-corrected chi connectivity index (χ4v) is 0.555. The Kier molecular flexibility index (Phi) is 1.22. The summed E-state index contributed by atoms with van der Waals surface area (Å²) >= 11 is 0. The highest BCUT2D eigenvalue weighted by Crippen LogP contribution is 2.28. The average molecular weight is 131 g/mol. The number of hydrogen-bond acceptors (Lipinski definition) is 3. The van der Waals surface area contributed by atoms with Crippen molar-refractivity contribution in [2.45, 2.75) is 18.6 Å². The van der Waals surface area contributed by atoms with Crippen LogP contribution in [0.15, 0.2) is 0 Å². The first-order chi connectivity index (χ1) is 4.06. The molecule has 3 N–H and O–H groups in total. The first-order valence-electron chi connectivity index (χ1n) is 2.68. The summed E-state index contributed by atoms with van der Waals surface area (Å²) in [5.41, 5.74) is 4.64. The van der Waals surface area contributed by atoms with Crippen LogP contribution in [-0.2, 0) is 9.53 Å². The highest BCUT2D eigenvalue weighted by Gasteiger charge is 2.48. The third kappa shape index (κ3) is 1.04. The number of carbonyl (C=O) groups is 1. The zero-order valence-electron chi connectivity index (χ0n) is 5.13. The average Bonchev–Trinajstić information content (AvgIpc) is 2.47. The van der Waals surface area contributed by atoms with Crippen LogP contribution in [0.2, 0.25) is 0 Å². The van der Waals surface area contributed by atoms with Gasteiger partial charge < -0.3 is 15.6 Å². The van der Waals surface area contributed by atoms with Crippen LogP contribution in [0.25, 0.3) is 0 Å². The first-order valence-corrected chi connectivity index (χ1v) is 2.68. The fraction of sp³-hybridized carbons (Fsp3) is 0.800. The summed E-state index contributed by atoms with van der Waals surface area (Å²) in [6.45, 7) is 2.15. The van der Waals surface area contributed by atoms with E-state index in [-0.39, 0.29) is 0 Å². The summed E-state index contributed by atoms with van der Waals surface area (Å²) in [5.74, 6) is -1.00. The van der Waals surface area contributed by atoms with Crippen molar-refractivity contribution in [3.05, 3.63) is 0 Å². The van der Waals surface area contributed by atoms with Gasteiger partial charge in [-0.2, -0.15) is 0 Å². The Morgan fingerprint density at radius 3 is 2.56 bits per heavy atom. The van der Waals surface area contributed by atoms with E-state index in [1.54, 1.807) is 6.92 Å². The van der Waals surface area contributed by atoms with Gasteiger partial charge in [0, 0.05) is 0 Å². The summed E-state index contributed by atoms with van der Waals surface area (Å²) in [5, 5.41) is 8.35. The molecule has 0 aromatic heterocycles. The topological polar surface area (TPSA) is 75.9 Å². The zero-order valence-corrected chi connectivity index (χ0v) is 5.13. The van der Waals surface area contributed by atoms with Crippen molar-refractivity contribution in [2.24, 2.45) is 5.73 Å². The van der Waals surface area contributed by atoms with E-state index >= 15 is 0 Å². The molecule has 1 heterocycles. The molecular formula is C5H9NO3. The van der Waals surface area contributed by atoms with E-state index in [9.17, 15) is 4.79 Å². The monoisotopic (exact) mass is 131 g/mol. The molecule has 1 rings (SSSR count). The molecule has 9 heavy (non-hydrogen) atoms. The molecule has 52 valence electrons. The van der Waals surface area contributed by atoms with Crippen LogP contribution < -0.4 is 5.73 Å². The van der Waals surface area contributed by atoms with E-state index in [4.69, 9.17) is 15.6 Å².